The number of amides is 1. The molecule has 0 saturated carbocycles. The van der Waals surface area contributed by atoms with E-state index in [2.05, 4.69) is 11.9 Å². The van der Waals surface area contributed by atoms with Crippen molar-refractivity contribution in [3.8, 4) is 11.5 Å². The molecular formula is C31H33N3O6S. The van der Waals surface area contributed by atoms with Crippen molar-refractivity contribution < 1.29 is 23.8 Å². The third kappa shape index (κ3) is 4.86. The highest BCUT2D eigenvalue weighted by Crippen LogP contribution is 2.39. The number of aromatic nitrogens is 1. The Hall–Kier alpha value is -4.18. The minimum Gasteiger partial charge on any atom is -0.497 e. The van der Waals surface area contributed by atoms with Crippen LogP contribution in [0, 0.1) is 0 Å². The van der Waals surface area contributed by atoms with Crippen LogP contribution >= 0.6 is 11.3 Å². The lowest BCUT2D eigenvalue weighted by atomic mass is 9.94. The summed E-state index contributed by atoms with van der Waals surface area (Å²) in [6, 6.07) is 11.8. The Balaban J connectivity index is 1.82. The number of para-hydroxylation sites is 1. The van der Waals surface area contributed by atoms with Crippen molar-refractivity contribution in [2.24, 2.45) is 4.99 Å². The Bertz CT molecular complexity index is 1750. The van der Waals surface area contributed by atoms with E-state index in [0.29, 0.717) is 45.2 Å². The van der Waals surface area contributed by atoms with E-state index >= 15 is 0 Å². The van der Waals surface area contributed by atoms with Crippen LogP contribution in [0.3, 0.4) is 0 Å². The third-order valence-electron chi connectivity index (χ3n) is 7.18. The van der Waals surface area contributed by atoms with Gasteiger partial charge in [-0.2, -0.15) is 0 Å². The maximum absolute atomic E-state index is 14.4. The number of anilines is 1. The molecule has 9 nitrogen and oxygen atoms in total. The summed E-state index contributed by atoms with van der Waals surface area (Å²) in [4.78, 5) is 48.5. The fourth-order valence-corrected chi connectivity index (χ4v) is 6.43. The van der Waals surface area contributed by atoms with Crippen molar-refractivity contribution in [2.45, 2.75) is 52.7 Å². The summed E-state index contributed by atoms with van der Waals surface area (Å²) in [5.41, 5.74) is 2.62. The van der Waals surface area contributed by atoms with Gasteiger partial charge in [0.25, 0.3) is 11.5 Å². The molecule has 0 bridgehead atoms. The highest BCUT2D eigenvalue weighted by Gasteiger charge is 2.38. The van der Waals surface area contributed by atoms with Crippen LogP contribution in [0.2, 0.25) is 0 Å². The van der Waals surface area contributed by atoms with Crippen LogP contribution in [0.15, 0.2) is 63.5 Å². The minimum absolute atomic E-state index is 0.212. The summed E-state index contributed by atoms with van der Waals surface area (Å²) in [6.45, 7) is 7.88. The van der Waals surface area contributed by atoms with Gasteiger partial charge in [-0.15, -0.1) is 0 Å². The van der Waals surface area contributed by atoms with Gasteiger partial charge in [0, 0.05) is 17.7 Å². The lowest BCUT2D eigenvalue weighted by Crippen LogP contribution is -2.41. The standard InChI is InChI=1S/C31H33N3O6S/c1-7-8-15-33-22-12-10-9-11-20(22)25(28(33)35)27-29(36)34-26(21-16-19(38-5)13-14-23(21)39-6)24(30(37)40-17(2)3)18(4)32-31(34)41-27/h9-14,16-17,26H,7-8,15H2,1-6H3/b27-25-/t26-/m1/s1. The molecule has 1 amide bonds. The molecule has 0 N–H and O–H groups in total. The lowest BCUT2D eigenvalue weighted by Gasteiger charge is -2.26. The van der Waals surface area contributed by atoms with E-state index < -0.39 is 17.6 Å². The number of hydrogen-bond donors (Lipinski definition) is 0. The second-order valence-corrected chi connectivity index (χ2v) is 11.1. The Morgan fingerprint density at radius 1 is 1.10 bits per heavy atom. The summed E-state index contributed by atoms with van der Waals surface area (Å²) in [5.74, 6) is 0.202. The summed E-state index contributed by atoms with van der Waals surface area (Å²) in [5, 5.41) is 0. The zero-order valence-corrected chi connectivity index (χ0v) is 24.8. The quantitative estimate of drug-likeness (QED) is 0.380. The predicted octanol–water partition coefficient (Wildman–Crippen LogP) is 3.72. The third-order valence-corrected chi connectivity index (χ3v) is 8.23. The number of ether oxygens (including phenoxy) is 3. The SMILES string of the molecule is CCCCN1C(=O)/C(=c2\sc3n(c2=O)[C@H](c2cc(OC)ccc2OC)C(C(=O)OC(C)C)=C(C)N=3)c2ccccc21. The largest absolute Gasteiger partial charge is 0.497 e. The summed E-state index contributed by atoms with van der Waals surface area (Å²) >= 11 is 1.15. The van der Waals surface area contributed by atoms with E-state index in [4.69, 9.17) is 14.2 Å². The van der Waals surface area contributed by atoms with Crippen LogP contribution in [-0.4, -0.2) is 43.3 Å². The Morgan fingerprint density at radius 2 is 1.85 bits per heavy atom. The van der Waals surface area contributed by atoms with E-state index in [0.717, 1.165) is 29.9 Å². The monoisotopic (exact) mass is 575 g/mol. The van der Waals surface area contributed by atoms with Gasteiger partial charge in [-0.1, -0.05) is 42.9 Å². The van der Waals surface area contributed by atoms with E-state index in [1.807, 2.05) is 24.3 Å². The predicted molar refractivity (Wildman–Crippen MR) is 157 cm³/mol. The van der Waals surface area contributed by atoms with Crippen molar-refractivity contribution in [1.29, 1.82) is 0 Å². The molecular weight excluding hydrogens is 542 g/mol. The average Bonchev–Trinajstić information content (AvgIpc) is 3.42. The minimum atomic E-state index is -0.917. The number of esters is 1. The molecule has 214 valence electrons. The average molecular weight is 576 g/mol. The van der Waals surface area contributed by atoms with E-state index in [1.165, 1.54) is 11.7 Å². The number of nitrogens with zero attached hydrogens (tertiary/aromatic N) is 3. The Labute approximate surface area is 242 Å². The van der Waals surface area contributed by atoms with Crippen LogP contribution < -0.4 is 29.3 Å². The van der Waals surface area contributed by atoms with Crippen molar-refractivity contribution in [3.63, 3.8) is 0 Å². The van der Waals surface area contributed by atoms with Gasteiger partial charge in [0.05, 0.1) is 42.9 Å². The van der Waals surface area contributed by atoms with Crippen LogP contribution in [0.4, 0.5) is 5.69 Å². The normalized spacial score (nSPS) is 17.4. The lowest BCUT2D eigenvalue weighted by molar-refractivity contribution is -0.143. The molecule has 0 spiro atoms. The number of allylic oxidation sites excluding steroid dienone is 1. The number of rotatable bonds is 8. The van der Waals surface area contributed by atoms with Crippen molar-refractivity contribution in [3.05, 3.63) is 84.5 Å². The van der Waals surface area contributed by atoms with Gasteiger partial charge in [-0.05, 0) is 51.5 Å². The molecule has 3 heterocycles. The molecule has 0 fully saturated rings. The number of hydrogen-bond acceptors (Lipinski definition) is 8. The van der Waals surface area contributed by atoms with Crippen LogP contribution in [0.1, 0.15) is 57.7 Å². The molecule has 0 saturated heterocycles. The molecule has 3 aromatic rings. The Kier molecular flexibility index (Phi) is 7.86. The number of carbonyl (C=O) groups is 2. The van der Waals surface area contributed by atoms with Gasteiger partial charge in [0.1, 0.15) is 22.1 Å². The van der Waals surface area contributed by atoms with Crippen molar-refractivity contribution in [2.75, 3.05) is 25.7 Å². The van der Waals surface area contributed by atoms with Gasteiger partial charge >= 0.3 is 5.97 Å². The van der Waals surface area contributed by atoms with Gasteiger partial charge in [-0.25, -0.2) is 9.79 Å². The molecule has 10 heteroatoms. The van der Waals surface area contributed by atoms with Gasteiger partial charge in [0.15, 0.2) is 4.80 Å². The fourth-order valence-electron chi connectivity index (χ4n) is 5.30. The first-order valence-electron chi connectivity index (χ1n) is 13.6. The molecule has 5 rings (SSSR count). The molecule has 0 aliphatic carbocycles. The molecule has 2 aliphatic rings. The number of fused-ring (bicyclic) bond motifs is 2. The highest BCUT2D eigenvalue weighted by atomic mass is 32.1. The maximum atomic E-state index is 14.4. The fraction of sp³-hybridized carbons (Fsp3) is 0.355. The molecule has 41 heavy (non-hydrogen) atoms. The highest BCUT2D eigenvalue weighted by molar-refractivity contribution is 7.07. The summed E-state index contributed by atoms with van der Waals surface area (Å²) < 4.78 is 18.5. The first-order valence-corrected chi connectivity index (χ1v) is 14.4. The maximum Gasteiger partial charge on any atom is 0.338 e. The van der Waals surface area contributed by atoms with Crippen LogP contribution in [0.25, 0.3) is 5.57 Å². The molecule has 1 aromatic heterocycles. The number of unbranched alkanes of at least 4 members (excludes halogenated alkanes) is 1. The van der Waals surface area contributed by atoms with Gasteiger partial charge in [-0.3, -0.25) is 14.2 Å². The molecule has 1 atom stereocenters. The number of methoxy groups -OCH3 is 2. The first kappa shape index (κ1) is 28.4. The zero-order chi connectivity index (χ0) is 29.4. The second-order valence-electron chi connectivity index (χ2n) is 10.2. The number of benzene rings is 2. The van der Waals surface area contributed by atoms with Crippen molar-refractivity contribution in [1.82, 2.24) is 4.57 Å². The van der Waals surface area contributed by atoms with Gasteiger partial charge < -0.3 is 19.1 Å². The zero-order valence-electron chi connectivity index (χ0n) is 24.0. The van der Waals surface area contributed by atoms with E-state index in [1.54, 1.807) is 51.0 Å². The first-order chi connectivity index (χ1) is 19.7. The molecule has 0 radical (unpaired) electrons. The van der Waals surface area contributed by atoms with E-state index in [-0.39, 0.29) is 22.1 Å². The van der Waals surface area contributed by atoms with Crippen molar-refractivity contribution >= 4 is 34.5 Å². The van der Waals surface area contributed by atoms with Crippen LogP contribution in [-0.2, 0) is 14.3 Å². The topological polar surface area (TPSA) is 99.4 Å². The smallest absolute Gasteiger partial charge is 0.338 e. The number of carbonyl (C=O) groups excluding carboxylic acids is 2. The molecule has 2 aromatic carbocycles. The van der Waals surface area contributed by atoms with Gasteiger partial charge in [0.2, 0.25) is 0 Å². The molecule has 2 aliphatic heterocycles. The Morgan fingerprint density at radius 3 is 2.54 bits per heavy atom. The number of thiazole rings is 1. The summed E-state index contributed by atoms with van der Waals surface area (Å²) in [7, 11) is 3.07. The molecule has 0 unspecified atom stereocenters. The van der Waals surface area contributed by atoms with Crippen LogP contribution in [0.5, 0.6) is 11.5 Å². The second kappa shape index (κ2) is 11.4. The van der Waals surface area contributed by atoms with E-state index in [9.17, 15) is 14.4 Å². The summed E-state index contributed by atoms with van der Waals surface area (Å²) in [6.07, 6.45) is 1.38.